The van der Waals surface area contributed by atoms with E-state index >= 15 is 0 Å². The molecule has 0 unspecified atom stereocenters. The lowest BCUT2D eigenvalue weighted by Gasteiger charge is -2.32. The first-order valence-corrected chi connectivity index (χ1v) is 10.3. The molecule has 2 heterocycles. The number of amides is 1. The average molecular weight is 372 g/mol. The van der Waals surface area contributed by atoms with E-state index in [1.165, 1.54) is 30.2 Å². The van der Waals surface area contributed by atoms with Crippen LogP contribution in [0.25, 0.3) is 0 Å². The van der Waals surface area contributed by atoms with Gasteiger partial charge in [0.1, 0.15) is 5.82 Å². The lowest BCUT2D eigenvalue weighted by atomic mass is 10.2. The van der Waals surface area contributed by atoms with Crippen LogP contribution in [0.4, 0.5) is 0 Å². The van der Waals surface area contributed by atoms with E-state index in [2.05, 4.69) is 51.0 Å². The Kier molecular flexibility index (Phi) is 5.26. The summed E-state index contributed by atoms with van der Waals surface area (Å²) in [5.74, 6) is 2.24. The van der Waals surface area contributed by atoms with Gasteiger partial charge in [0.05, 0.1) is 12.3 Å². The number of likely N-dealkylation sites (N-methyl/N-ethyl adjacent to an activating group) is 1. The molecule has 6 nitrogen and oxygen atoms in total. The fraction of sp³-hybridized carbons (Fsp3) is 0.526. The molecule has 0 radical (unpaired) electrons. The van der Waals surface area contributed by atoms with E-state index in [0.717, 1.165) is 43.7 Å². The van der Waals surface area contributed by atoms with Crippen molar-refractivity contribution in [1.29, 1.82) is 0 Å². The van der Waals surface area contributed by atoms with E-state index in [0.29, 0.717) is 11.7 Å². The van der Waals surface area contributed by atoms with E-state index in [1.54, 1.807) is 0 Å². The van der Waals surface area contributed by atoms with Crippen molar-refractivity contribution in [3.63, 3.8) is 0 Å². The number of piperazine rings is 1. The Hall–Kier alpha value is -1.86. The second-order valence-electron chi connectivity index (χ2n) is 7.16. The van der Waals surface area contributed by atoms with Crippen molar-refractivity contribution >= 4 is 17.7 Å². The van der Waals surface area contributed by atoms with E-state index in [9.17, 15) is 4.79 Å². The minimum atomic E-state index is 0.199. The summed E-state index contributed by atoms with van der Waals surface area (Å²) < 4.78 is 2.20. The SMILES string of the molecule is CN1CCN(C(=O)CSc2nnc(C3CC3)n2Cc2ccccc2)CC1. The molecule has 1 saturated heterocycles. The first-order chi connectivity index (χ1) is 12.7. The van der Waals surface area contributed by atoms with Crippen LogP contribution in [0.1, 0.15) is 30.1 Å². The Balaban J connectivity index is 1.43. The normalized spacial score (nSPS) is 18.3. The van der Waals surface area contributed by atoms with Gasteiger partial charge in [0.25, 0.3) is 0 Å². The molecule has 1 saturated carbocycles. The van der Waals surface area contributed by atoms with Crippen molar-refractivity contribution < 1.29 is 4.79 Å². The van der Waals surface area contributed by atoms with Crippen molar-refractivity contribution in [3.8, 4) is 0 Å². The van der Waals surface area contributed by atoms with Crippen LogP contribution in [0.5, 0.6) is 0 Å². The van der Waals surface area contributed by atoms with Crippen LogP contribution >= 0.6 is 11.8 Å². The van der Waals surface area contributed by atoms with Gasteiger partial charge in [-0.25, -0.2) is 0 Å². The third-order valence-corrected chi connectivity index (χ3v) is 6.00. The smallest absolute Gasteiger partial charge is 0.233 e. The molecule has 7 heteroatoms. The zero-order valence-electron chi connectivity index (χ0n) is 15.2. The number of carbonyl (C=O) groups excluding carboxylic acids is 1. The van der Waals surface area contributed by atoms with Crippen molar-refractivity contribution in [3.05, 3.63) is 41.7 Å². The number of benzene rings is 1. The summed E-state index contributed by atoms with van der Waals surface area (Å²) in [7, 11) is 2.10. The molecule has 4 rings (SSSR count). The molecule has 2 aliphatic rings. The molecular formula is C19H25N5OS. The van der Waals surface area contributed by atoms with Gasteiger partial charge >= 0.3 is 0 Å². The van der Waals surface area contributed by atoms with Crippen molar-refractivity contribution in [1.82, 2.24) is 24.6 Å². The van der Waals surface area contributed by atoms with Crippen LogP contribution in [-0.4, -0.2) is 69.5 Å². The lowest BCUT2D eigenvalue weighted by Crippen LogP contribution is -2.47. The van der Waals surface area contributed by atoms with Gasteiger partial charge in [-0.2, -0.15) is 0 Å². The predicted octanol–water partition coefficient (Wildman–Crippen LogP) is 2.07. The molecule has 138 valence electrons. The maximum atomic E-state index is 12.5. The van der Waals surface area contributed by atoms with Gasteiger partial charge in [0, 0.05) is 32.1 Å². The molecule has 0 N–H and O–H groups in total. The highest BCUT2D eigenvalue weighted by atomic mass is 32.2. The highest BCUT2D eigenvalue weighted by Crippen LogP contribution is 2.40. The third-order valence-electron chi connectivity index (χ3n) is 5.05. The van der Waals surface area contributed by atoms with E-state index in [4.69, 9.17) is 0 Å². The molecule has 1 amide bonds. The Morgan fingerprint density at radius 1 is 1.12 bits per heavy atom. The van der Waals surface area contributed by atoms with Gasteiger partial charge in [0.2, 0.25) is 5.91 Å². The first kappa shape index (κ1) is 17.5. The van der Waals surface area contributed by atoms with Crippen molar-refractivity contribution in [2.45, 2.75) is 30.5 Å². The molecule has 1 aromatic heterocycles. The summed E-state index contributed by atoms with van der Waals surface area (Å²) in [6.45, 7) is 4.31. The summed E-state index contributed by atoms with van der Waals surface area (Å²) in [5, 5.41) is 9.69. The summed E-state index contributed by atoms with van der Waals surface area (Å²) in [5.41, 5.74) is 1.24. The molecule has 0 spiro atoms. The predicted molar refractivity (Wildman–Crippen MR) is 102 cm³/mol. The van der Waals surface area contributed by atoms with Crippen LogP contribution in [0.2, 0.25) is 0 Å². The fourth-order valence-electron chi connectivity index (χ4n) is 3.24. The number of thioether (sulfide) groups is 1. The highest BCUT2D eigenvalue weighted by Gasteiger charge is 2.30. The molecular weight excluding hydrogens is 346 g/mol. The summed E-state index contributed by atoms with van der Waals surface area (Å²) in [6.07, 6.45) is 2.38. The molecule has 2 fully saturated rings. The quantitative estimate of drug-likeness (QED) is 0.728. The van der Waals surface area contributed by atoms with Gasteiger partial charge in [-0.15, -0.1) is 10.2 Å². The van der Waals surface area contributed by atoms with Crippen LogP contribution in [0, 0.1) is 0 Å². The Morgan fingerprint density at radius 2 is 1.85 bits per heavy atom. The summed E-state index contributed by atoms with van der Waals surface area (Å²) in [6, 6.07) is 10.4. The monoisotopic (exact) mass is 371 g/mol. The van der Waals surface area contributed by atoms with Crippen molar-refractivity contribution in [2.75, 3.05) is 39.0 Å². The molecule has 0 atom stereocenters. The zero-order chi connectivity index (χ0) is 17.9. The second-order valence-corrected chi connectivity index (χ2v) is 8.10. The van der Waals surface area contributed by atoms with Gasteiger partial charge in [-0.1, -0.05) is 42.1 Å². The molecule has 0 bridgehead atoms. The first-order valence-electron chi connectivity index (χ1n) is 9.27. The van der Waals surface area contributed by atoms with E-state index < -0.39 is 0 Å². The minimum Gasteiger partial charge on any atom is -0.339 e. The molecule has 1 aromatic carbocycles. The molecule has 1 aliphatic carbocycles. The van der Waals surface area contributed by atoms with Gasteiger partial charge in [-0.3, -0.25) is 4.79 Å². The largest absolute Gasteiger partial charge is 0.339 e. The minimum absolute atomic E-state index is 0.199. The fourth-order valence-corrected chi connectivity index (χ4v) is 4.09. The maximum absolute atomic E-state index is 12.5. The Morgan fingerprint density at radius 3 is 2.54 bits per heavy atom. The van der Waals surface area contributed by atoms with Crippen LogP contribution < -0.4 is 0 Å². The number of nitrogens with zero attached hydrogens (tertiary/aromatic N) is 5. The van der Waals surface area contributed by atoms with Crippen LogP contribution in [0.15, 0.2) is 35.5 Å². The van der Waals surface area contributed by atoms with Gasteiger partial charge in [0.15, 0.2) is 5.16 Å². The van der Waals surface area contributed by atoms with E-state index in [-0.39, 0.29) is 5.91 Å². The maximum Gasteiger partial charge on any atom is 0.233 e. The van der Waals surface area contributed by atoms with Crippen LogP contribution in [0.3, 0.4) is 0 Å². The number of aromatic nitrogens is 3. The molecule has 26 heavy (non-hydrogen) atoms. The van der Waals surface area contributed by atoms with Crippen molar-refractivity contribution in [2.24, 2.45) is 0 Å². The lowest BCUT2D eigenvalue weighted by molar-refractivity contribution is -0.129. The Bertz CT molecular complexity index is 751. The molecule has 2 aromatic rings. The topological polar surface area (TPSA) is 54.3 Å². The summed E-state index contributed by atoms with van der Waals surface area (Å²) >= 11 is 1.52. The average Bonchev–Trinajstić information content (AvgIpc) is 3.43. The number of rotatable bonds is 6. The van der Waals surface area contributed by atoms with Gasteiger partial charge in [-0.05, 0) is 25.5 Å². The number of carbonyl (C=O) groups is 1. The zero-order valence-corrected chi connectivity index (χ0v) is 16.0. The second kappa shape index (κ2) is 7.80. The number of hydrogen-bond acceptors (Lipinski definition) is 5. The standard InChI is InChI=1S/C19H25N5OS/c1-22-9-11-23(12-10-22)17(25)14-26-19-21-20-18(16-7-8-16)24(19)13-15-5-3-2-4-6-15/h2-6,16H,7-14H2,1H3. The molecule has 1 aliphatic heterocycles. The highest BCUT2D eigenvalue weighted by molar-refractivity contribution is 7.99. The third kappa shape index (κ3) is 4.10. The summed E-state index contributed by atoms with van der Waals surface area (Å²) in [4.78, 5) is 16.8. The Labute approximate surface area is 158 Å². The van der Waals surface area contributed by atoms with Crippen LogP contribution in [-0.2, 0) is 11.3 Å². The van der Waals surface area contributed by atoms with E-state index in [1.807, 2.05) is 11.0 Å². The van der Waals surface area contributed by atoms with Gasteiger partial charge < -0.3 is 14.4 Å². The number of hydrogen-bond donors (Lipinski definition) is 0.